The summed E-state index contributed by atoms with van der Waals surface area (Å²) < 4.78 is 48.8. The summed E-state index contributed by atoms with van der Waals surface area (Å²) in [7, 11) is -2.64. The topological polar surface area (TPSA) is 93.2 Å². The van der Waals surface area contributed by atoms with Crippen LogP contribution in [0.4, 0.5) is 5.13 Å². The van der Waals surface area contributed by atoms with Crippen LogP contribution in [0.1, 0.15) is 5.69 Å². The molecule has 1 N–H and O–H groups in total. The SMILES string of the molecule is Cc1nc(NS(=O)(=O)c2cccc(Cl)c2)sc1S(=O)(=O)Cl. The van der Waals surface area contributed by atoms with Crippen molar-refractivity contribution >= 4 is 57.8 Å². The van der Waals surface area contributed by atoms with Crippen LogP contribution in [0.25, 0.3) is 0 Å². The summed E-state index contributed by atoms with van der Waals surface area (Å²) in [5, 5.41) is 0.170. The van der Waals surface area contributed by atoms with E-state index in [0.29, 0.717) is 11.3 Å². The number of hydrogen-bond donors (Lipinski definition) is 1. The molecule has 1 heterocycles. The molecule has 2 aromatic rings. The van der Waals surface area contributed by atoms with Crippen LogP contribution in [0.3, 0.4) is 0 Å². The zero-order chi connectivity index (χ0) is 15.8. The Balaban J connectivity index is 2.38. The Morgan fingerprint density at radius 2 is 1.90 bits per heavy atom. The highest BCUT2D eigenvalue weighted by Crippen LogP contribution is 2.31. The highest BCUT2D eigenvalue weighted by Gasteiger charge is 2.22. The van der Waals surface area contributed by atoms with Crippen molar-refractivity contribution in [2.24, 2.45) is 0 Å². The molecule has 11 heteroatoms. The smallest absolute Gasteiger partial charge is 0.255 e. The second-order valence-electron chi connectivity index (χ2n) is 3.89. The van der Waals surface area contributed by atoms with E-state index in [9.17, 15) is 16.8 Å². The molecule has 0 spiro atoms. The highest BCUT2D eigenvalue weighted by atomic mass is 35.7. The number of hydrogen-bond acceptors (Lipinski definition) is 6. The van der Waals surface area contributed by atoms with E-state index < -0.39 is 19.1 Å². The Bertz CT molecular complexity index is 891. The average Bonchev–Trinajstić information content (AvgIpc) is 2.69. The molecule has 0 aliphatic rings. The van der Waals surface area contributed by atoms with E-state index in [-0.39, 0.29) is 25.0 Å². The Labute approximate surface area is 135 Å². The van der Waals surface area contributed by atoms with Crippen LogP contribution in [0.2, 0.25) is 5.02 Å². The molecule has 2 rings (SSSR count). The molecule has 0 atom stereocenters. The number of halogens is 2. The number of nitrogens with zero attached hydrogens (tertiary/aromatic N) is 1. The Kier molecular flexibility index (Phi) is 4.50. The van der Waals surface area contributed by atoms with Crippen LogP contribution in [-0.2, 0) is 19.1 Å². The fourth-order valence-corrected chi connectivity index (χ4v) is 5.35. The van der Waals surface area contributed by atoms with Gasteiger partial charge in [-0.3, -0.25) is 4.72 Å². The molecule has 0 aliphatic heterocycles. The molecule has 0 radical (unpaired) electrons. The van der Waals surface area contributed by atoms with Gasteiger partial charge < -0.3 is 0 Å². The van der Waals surface area contributed by atoms with Gasteiger partial charge in [0.25, 0.3) is 19.1 Å². The van der Waals surface area contributed by atoms with Gasteiger partial charge in [0.05, 0.1) is 10.6 Å². The van der Waals surface area contributed by atoms with Gasteiger partial charge in [-0.1, -0.05) is 29.0 Å². The minimum Gasteiger partial charge on any atom is -0.255 e. The zero-order valence-corrected chi connectivity index (χ0v) is 14.3. The zero-order valence-electron chi connectivity index (χ0n) is 10.4. The first-order chi connectivity index (χ1) is 9.59. The third-order valence-corrected chi connectivity index (χ3v) is 7.26. The van der Waals surface area contributed by atoms with Crippen LogP contribution < -0.4 is 4.72 Å². The molecule has 0 amide bonds. The van der Waals surface area contributed by atoms with Crippen LogP contribution in [-0.4, -0.2) is 21.8 Å². The second-order valence-corrected chi connectivity index (χ2v) is 9.77. The molecule has 114 valence electrons. The van der Waals surface area contributed by atoms with Crippen molar-refractivity contribution in [3.63, 3.8) is 0 Å². The monoisotopic (exact) mass is 386 g/mol. The molecule has 1 aromatic carbocycles. The summed E-state index contributed by atoms with van der Waals surface area (Å²) >= 11 is 6.38. The maximum absolute atomic E-state index is 12.1. The van der Waals surface area contributed by atoms with E-state index in [4.69, 9.17) is 22.3 Å². The van der Waals surface area contributed by atoms with Gasteiger partial charge in [0.2, 0.25) is 0 Å². The quantitative estimate of drug-likeness (QED) is 0.815. The summed E-state index contributed by atoms with van der Waals surface area (Å²) in [5.41, 5.74) is 0.124. The summed E-state index contributed by atoms with van der Waals surface area (Å²) in [5.74, 6) is 0. The largest absolute Gasteiger partial charge is 0.272 e. The summed E-state index contributed by atoms with van der Waals surface area (Å²) in [6.07, 6.45) is 0. The Morgan fingerprint density at radius 3 is 2.43 bits per heavy atom. The fraction of sp³-hybridized carbons (Fsp3) is 0.100. The van der Waals surface area contributed by atoms with Crippen molar-refractivity contribution in [1.29, 1.82) is 0 Å². The van der Waals surface area contributed by atoms with Crippen molar-refractivity contribution in [1.82, 2.24) is 4.98 Å². The molecular weight excluding hydrogens is 379 g/mol. The van der Waals surface area contributed by atoms with Gasteiger partial charge in [-0.05, 0) is 25.1 Å². The molecule has 0 saturated carbocycles. The number of aryl methyl sites for hydroxylation is 1. The maximum Gasteiger partial charge on any atom is 0.272 e. The molecule has 21 heavy (non-hydrogen) atoms. The van der Waals surface area contributed by atoms with Crippen LogP contribution >= 0.6 is 33.6 Å². The van der Waals surface area contributed by atoms with Gasteiger partial charge in [-0.15, -0.1) is 0 Å². The Morgan fingerprint density at radius 1 is 1.24 bits per heavy atom. The number of anilines is 1. The van der Waals surface area contributed by atoms with Gasteiger partial charge in [0.15, 0.2) is 9.34 Å². The van der Waals surface area contributed by atoms with Crippen molar-refractivity contribution in [2.75, 3.05) is 4.72 Å². The third-order valence-electron chi connectivity index (χ3n) is 2.30. The number of benzene rings is 1. The van der Waals surface area contributed by atoms with Crippen LogP contribution in [0.5, 0.6) is 0 Å². The van der Waals surface area contributed by atoms with E-state index in [1.54, 1.807) is 0 Å². The standard InChI is InChI=1S/C10H8Cl2N2O4S3/c1-6-9(20(12,15)16)19-10(13-6)14-21(17,18)8-4-2-3-7(11)5-8/h2-5H,1H3,(H,13,14). The number of aromatic nitrogens is 1. The summed E-state index contributed by atoms with van der Waals surface area (Å²) in [6.45, 7) is 1.42. The van der Waals surface area contributed by atoms with E-state index in [1.165, 1.54) is 31.2 Å². The van der Waals surface area contributed by atoms with E-state index in [0.717, 1.165) is 0 Å². The Hall–Kier alpha value is -0.870. The van der Waals surface area contributed by atoms with E-state index in [1.807, 2.05) is 0 Å². The van der Waals surface area contributed by atoms with Crippen molar-refractivity contribution in [3.8, 4) is 0 Å². The molecule has 0 unspecified atom stereocenters. The minimum atomic E-state index is -3.97. The van der Waals surface area contributed by atoms with Gasteiger partial charge >= 0.3 is 0 Å². The predicted molar refractivity (Wildman–Crippen MR) is 82.2 cm³/mol. The molecule has 0 bridgehead atoms. The van der Waals surface area contributed by atoms with Crippen LogP contribution in [0, 0.1) is 6.92 Å². The predicted octanol–water partition coefficient (Wildman–Crippen LogP) is 2.83. The first-order valence-corrected chi connectivity index (χ1v) is 10.3. The summed E-state index contributed by atoms with van der Waals surface area (Å²) in [6, 6.07) is 5.64. The molecule has 0 fully saturated rings. The lowest BCUT2D eigenvalue weighted by Gasteiger charge is -2.04. The fourth-order valence-electron chi connectivity index (χ4n) is 1.46. The lowest BCUT2D eigenvalue weighted by atomic mass is 10.4. The number of nitrogens with one attached hydrogen (secondary N) is 1. The van der Waals surface area contributed by atoms with Gasteiger partial charge in [0.1, 0.15) is 0 Å². The maximum atomic E-state index is 12.1. The average molecular weight is 387 g/mol. The first-order valence-electron chi connectivity index (χ1n) is 5.30. The van der Waals surface area contributed by atoms with Crippen molar-refractivity contribution in [2.45, 2.75) is 16.0 Å². The molecule has 0 saturated heterocycles. The normalized spacial score (nSPS) is 12.3. The molecule has 6 nitrogen and oxygen atoms in total. The van der Waals surface area contributed by atoms with E-state index in [2.05, 4.69) is 9.71 Å². The second kappa shape index (κ2) is 5.73. The lowest BCUT2D eigenvalue weighted by molar-refractivity contribution is 0.601. The molecular formula is C10H8Cl2N2O4S3. The molecule has 0 aliphatic carbocycles. The van der Waals surface area contributed by atoms with Crippen LogP contribution in [0.15, 0.2) is 33.4 Å². The van der Waals surface area contributed by atoms with Crippen molar-refractivity contribution < 1.29 is 16.8 Å². The number of thiazole rings is 1. The summed E-state index contributed by atoms with van der Waals surface area (Å²) in [4.78, 5) is 3.78. The van der Waals surface area contributed by atoms with Crippen molar-refractivity contribution in [3.05, 3.63) is 35.0 Å². The third kappa shape index (κ3) is 3.86. The lowest BCUT2D eigenvalue weighted by Crippen LogP contribution is -2.12. The minimum absolute atomic E-state index is 0.0573. The van der Waals surface area contributed by atoms with Gasteiger partial charge in [-0.25, -0.2) is 21.8 Å². The highest BCUT2D eigenvalue weighted by molar-refractivity contribution is 8.15. The number of rotatable bonds is 4. The van der Waals surface area contributed by atoms with E-state index >= 15 is 0 Å². The first kappa shape index (κ1) is 16.5. The van der Waals surface area contributed by atoms with Gasteiger partial charge in [-0.2, -0.15) is 0 Å². The number of sulfonamides is 1. The van der Waals surface area contributed by atoms with Gasteiger partial charge in [0, 0.05) is 15.7 Å². The molecule has 1 aromatic heterocycles.